The van der Waals surface area contributed by atoms with Gasteiger partial charge in [-0.1, -0.05) is 0 Å². The van der Waals surface area contributed by atoms with E-state index in [-0.39, 0.29) is 17.0 Å². The second-order valence-electron chi connectivity index (χ2n) is 6.25. The molecule has 106 valence electrons. The quantitative estimate of drug-likeness (QED) is 0.474. The maximum atomic E-state index is 2.46. The van der Waals surface area contributed by atoms with Gasteiger partial charge >= 0.3 is 0 Å². The van der Waals surface area contributed by atoms with Gasteiger partial charge < -0.3 is 25.9 Å². The minimum Gasteiger partial charge on any atom is -1.00 e. The fraction of sp³-hybridized carbons (Fsp3) is 1.00. The van der Waals surface area contributed by atoms with Gasteiger partial charge in [0.1, 0.15) is 0 Å². The minimum absolute atomic E-state index is 0. The van der Waals surface area contributed by atoms with Gasteiger partial charge in [0.15, 0.2) is 0 Å². The summed E-state index contributed by atoms with van der Waals surface area (Å²) in [7, 11) is 11.5. The van der Waals surface area contributed by atoms with E-state index in [2.05, 4.69) is 54.0 Å². The van der Waals surface area contributed by atoms with Crippen molar-refractivity contribution in [2.24, 2.45) is 0 Å². The predicted octanol–water partition coefficient (Wildman–Crippen LogP) is -1.89. The Morgan fingerprint density at radius 2 is 1.06 bits per heavy atom. The summed E-state index contributed by atoms with van der Waals surface area (Å²) in [5.74, 6) is 0. The van der Waals surface area contributed by atoms with Gasteiger partial charge in [0.2, 0.25) is 0 Å². The molecule has 0 N–H and O–H groups in total. The molecule has 0 aliphatic carbocycles. The van der Waals surface area contributed by atoms with E-state index in [1.165, 1.54) is 39.3 Å². The first kappa shape index (κ1) is 19.7. The molecule has 0 spiro atoms. The highest BCUT2D eigenvalue weighted by atomic mass is 79.9. The van der Waals surface area contributed by atoms with Gasteiger partial charge in [-0.2, -0.15) is 0 Å². The first-order valence-electron chi connectivity index (χ1n) is 6.55. The highest BCUT2D eigenvalue weighted by Crippen LogP contribution is 1.99. The first-order chi connectivity index (χ1) is 7.22. The van der Waals surface area contributed by atoms with Crippen LogP contribution in [-0.2, 0) is 0 Å². The van der Waals surface area contributed by atoms with Crippen molar-refractivity contribution in [1.82, 2.24) is 4.90 Å². The summed E-state index contributed by atoms with van der Waals surface area (Å²) in [5.41, 5.74) is 0. The second kappa shape index (κ2) is 8.46. The third-order valence-corrected chi connectivity index (χ3v) is 3.89. The van der Waals surface area contributed by atoms with Crippen LogP contribution >= 0.6 is 0 Å². The van der Waals surface area contributed by atoms with Gasteiger partial charge in [0.05, 0.1) is 54.4 Å². The van der Waals surface area contributed by atoms with Crippen LogP contribution in [0.4, 0.5) is 0 Å². The molecule has 0 saturated carbocycles. The van der Waals surface area contributed by atoms with Gasteiger partial charge in [-0.3, -0.25) is 4.90 Å². The SMILES string of the molecule is CC[N+](C)(C)CCN(C)CC[N+](C)(C)CC.[Br-]. The summed E-state index contributed by atoms with van der Waals surface area (Å²) < 4.78 is 2.24. The van der Waals surface area contributed by atoms with Crippen LogP contribution in [0.2, 0.25) is 0 Å². The Bertz CT molecular complexity index is 173. The molecular weight excluding hydrogens is 278 g/mol. The Labute approximate surface area is 119 Å². The highest BCUT2D eigenvalue weighted by Gasteiger charge is 2.15. The molecule has 0 aliphatic rings. The summed E-state index contributed by atoms with van der Waals surface area (Å²) >= 11 is 0. The molecule has 0 unspecified atom stereocenters. The number of hydrogen-bond donors (Lipinski definition) is 0. The van der Waals surface area contributed by atoms with Crippen molar-refractivity contribution in [3.8, 4) is 0 Å². The molecule has 0 radical (unpaired) electrons. The van der Waals surface area contributed by atoms with Crippen molar-refractivity contribution < 1.29 is 25.9 Å². The lowest BCUT2D eigenvalue weighted by molar-refractivity contribution is -0.890. The Morgan fingerprint density at radius 3 is 1.29 bits per heavy atom. The van der Waals surface area contributed by atoms with Crippen molar-refractivity contribution in [3.63, 3.8) is 0 Å². The van der Waals surface area contributed by atoms with E-state index in [4.69, 9.17) is 0 Å². The number of likely N-dealkylation sites (N-methyl/N-ethyl adjacent to an activating group) is 3. The van der Waals surface area contributed by atoms with E-state index in [9.17, 15) is 0 Å². The molecule has 0 aromatic rings. The van der Waals surface area contributed by atoms with E-state index in [1.807, 2.05) is 0 Å². The molecule has 17 heavy (non-hydrogen) atoms. The zero-order valence-corrected chi connectivity index (χ0v) is 14.5. The topological polar surface area (TPSA) is 3.24 Å². The lowest BCUT2D eigenvalue weighted by Gasteiger charge is -2.32. The summed E-state index contributed by atoms with van der Waals surface area (Å²) in [6.07, 6.45) is 0. The van der Waals surface area contributed by atoms with Crippen molar-refractivity contribution >= 4 is 0 Å². The van der Waals surface area contributed by atoms with Crippen LogP contribution in [-0.4, -0.2) is 88.4 Å². The average Bonchev–Trinajstić information content (AvgIpc) is 2.24. The molecule has 0 amide bonds. The standard InChI is InChI=1S/C13H33N3.BrH/c1-8-15(4,5)12-10-14(3)11-13-16(6,7)9-2;/h8-13H2,1-7H3;1H/q+2;/p-1. The highest BCUT2D eigenvalue weighted by molar-refractivity contribution is 4.50. The van der Waals surface area contributed by atoms with Gasteiger partial charge in [0, 0.05) is 13.1 Å². The maximum Gasteiger partial charge on any atom is 0.0911 e. The molecule has 0 rings (SSSR count). The van der Waals surface area contributed by atoms with E-state index in [1.54, 1.807) is 0 Å². The second-order valence-corrected chi connectivity index (χ2v) is 6.25. The normalized spacial score (nSPS) is 12.7. The van der Waals surface area contributed by atoms with Crippen LogP contribution in [0.3, 0.4) is 0 Å². The number of nitrogens with zero attached hydrogens (tertiary/aromatic N) is 3. The zero-order chi connectivity index (χ0) is 12.8. The van der Waals surface area contributed by atoms with E-state index >= 15 is 0 Å². The maximum absolute atomic E-state index is 2.46. The fourth-order valence-electron chi connectivity index (χ4n) is 1.31. The Balaban J connectivity index is 0. The van der Waals surface area contributed by atoms with E-state index in [0.717, 1.165) is 8.97 Å². The molecule has 0 aliphatic heterocycles. The third kappa shape index (κ3) is 10.0. The monoisotopic (exact) mass is 310 g/mol. The molecule has 0 heterocycles. The lowest BCUT2D eigenvalue weighted by Crippen LogP contribution is -3.00. The number of rotatable bonds is 8. The molecule has 0 fully saturated rings. The molecule has 0 saturated heterocycles. The molecular formula is C13H33BrN3+. The predicted molar refractivity (Wildman–Crippen MR) is 72.5 cm³/mol. The van der Waals surface area contributed by atoms with Crippen LogP contribution in [0.5, 0.6) is 0 Å². The van der Waals surface area contributed by atoms with Crippen LogP contribution in [0.1, 0.15) is 13.8 Å². The summed E-state index contributed by atoms with van der Waals surface area (Å²) in [6, 6.07) is 0. The van der Waals surface area contributed by atoms with Gasteiger partial charge in [-0.25, -0.2) is 0 Å². The average molecular weight is 311 g/mol. The van der Waals surface area contributed by atoms with Crippen LogP contribution in [0, 0.1) is 0 Å². The van der Waals surface area contributed by atoms with Crippen molar-refractivity contribution in [1.29, 1.82) is 0 Å². The first-order valence-corrected chi connectivity index (χ1v) is 6.55. The Kier molecular flexibility index (Phi) is 9.80. The van der Waals surface area contributed by atoms with Crippen molar-refractivity contribution in [2.75, 3.05) is 74.5 Å². The summed E-state index contributed by atoms with van der Waals surface area (Å²) in [5, 5.41) is 0. The molecule has 0 aromatic heterocycles. The molecule has 0 aromatic carbocycles. The molecule has 3 nitrogen and oxygen atoms in total. The van der Waals surface area contributed by atoms with Gasteiger partial charge in [-0.05, 0) is 20.9 Å². The third-order valence-electron chi connectivity index (χ3n) is 3.89. The van der Waals surface area contributed by atoms with Crippen LogP contribution < -0.4 is 17.0 Å². The van der Waals surface area contributed by atoms with Crippen molar-refractivity contribution in [2.45, 2.75) is 13.8 Å². The van der Waals surface area contributed by atoms with Crippen LogP contribution in [0.25, 0.3) is 0 Å². The molecule has 0 atom stereocenters. The molecule has 0 bridgehead atoms. The number of quaternary nitrogens is 2. The summed E-state index contributed by atoms with van der Waals surface area (Å²) in [6.45, 7) is 11.8. The van der Waals surface area contributed by atoms with E-state index < -0.39 is 0 Å². The summed E-state index contributed by atoms with van der Waals surface area (Å²) in [4.78, 5) is 2.46. The van der Waals surface area contributed by atoms with E-state index in [0.29, 0.717) is 0 Å². The number of hydrogen-bond acceptors (Lipinski definition) is 1. The van der Waals surface area contributed by atoms with Crippen molar-refractivity contribution in [3.05, 3.63) is 0 Å². The largest absolute Gasteiger partial charge is 1.00 e. The lowest BCUT2D eigenvalue weighted by atomic mass is 10.4. The Hall–Kier alpha value is 0.360. The van der Waals surface area contributed by atoms with Gasteiger partial charge in [0.25, 0.3) is 0 Å². The minimum atomic E-state index is 0. The van der Waals surface area contributed by atoms with Crippen LogP contribution in [0.15, 0.2) is 0 Å². The Morgan fingerprint density at radius 1 is 0.765 bits per heavy atom. The molecule has 4 heteroatoms. The fourth-order valence-corrected chi connectivity index (χ4v) is 1.31. The smallest absolute Gasteiger partial charge is 0.0911 e. The van der Waals surface area contributed by atoms with Gasteiger partial charge in [-0.15, -0.1) is 0 Å². The number of halogens is 1. The zero-order valence-electron chi connectivity index (χ0n) is 13.0.